The molecule has 0 unspecified atom stereocenters. The molecule has 0 radical (unpaired) electrons. The summed E-state index contributed by atoms with van der Waals surface area (Å²) < 4.78 is 5.78. The third-order valence-electron chi connectivity index (χ3n) is 3.95. The van der Waals surface area contributed by atoms with Gasteiger partial charge in [0.05, 0.1) is 18.3 Å². The summed E-state index contributed by atoms with van der Waals surface area (Å²) in [5.74, 6) is 0. The van der Waals surface area contributed by atoms with Gasteiger partial charge in [0.1, 0.15) is 8.07 Å². The highest BCUT2D eigenvalue weighted by molar-refractivity contribution is 6.91. The SMILES string of the molecule is C=C(C)c1coc([Si](C)(C)C(C)(C)C)c1CO. The molecule has 1 heterocycles. The van der Waals surface area contributed by atoms with E-state index in [1.807, 2.05) is 6.92 Å². The molecule has 0 spiro atoms. The molecule has 0 saturated carbocycles. The van der Waals surface area contributed by atoms with Gasteiger partial charge in [-0.1, -0.05) is 40.4 Å². The average molecular weight is 252 g/mol. The molecule has 0 atom stereocenters. The van der Waals surface area contributed by atoms with Gasteiger partial charge < -0.3 is 9.52 Å². The number of aliphatic hydroxyl groups is 1. The molecule has 0 fully saturated rings. The van der Waals surface area contributed by atoms with Crippen molar-refractivity contribution in [3.05, 3.63) is 24.0 Å². The Labute approximate surface area is 105 Å². The molecule has 0 aliphatic carbocycles. The quantitative estimate of drug-likeness (QED) is 0.835. The maximum absolute atomic E-state index is 9.59. The average Bonchev–Trinajstić information content (AvgIpc) is 2.59. The molecule has 17 heavy (non-hydrogen) atoms. The van der Waals surface area contributed by atoms with E-state index in [1.54, 1.807) is 6.26 Å². The topological polar surface area (TPSA) is 33.4 Å². The van der Waals surface area contributed by atoms with Crippen molar-refractivity contribution >= 4 is 19.0 Å². The number of allylic oxidation sites excluding steroid dienone is 1. The largest absolute Gasteiger partial charge is 0.473 e. The summed E-state index contributed by atoms with van der Waals surface area (Å²) in [6.07, 6.45) is 1.74. The van der Waals surface area contributed by atoms with Crippen molar-refractivity contribution in [3.63, 3.8) is 0 Å². The van der Waals surface area contributed by atoms with Crippen molar-refractivity contribution in [1.82, 2.24) is 0 Å². The summed E-state index contributed by atoms with van der Waals surface area (Å²) in [6, 6.07) is 0. The molecule has 1 aromatic rings. The normalized spacial score (nSPS) is 12.9. The predicted octanol–water partition coefficient (Wildman–Crippen LogP) is 3.52. The first-order valence-electron chi connectivity index (χ1n) is 6.00. The van der Waals surface area contributed by atoms with E-state index in [4.69, 9.17) is 4.42 Å². The van der Waals surface area contributed by atoms with Gasteiger partial charge in [0.25, 0.3) is 0 Å². The molecule has 2 nitrogen and oxygen atoms in total. The van der Waals surface area contributed by atoms with Gasteiger partial charge in [-0.2, -0.15) is 0 Å². The van der Waals surface area contributed by atoms with E-state index in [-0.39, 0.29) is 11.6 Å². The van der Waals surface area contributed by atoms with Gasteiger partial charge in [0.15, 0.2) is 0 Å². The summed E-state index contributed by atoms with van der Waals surface area (Å²) in [7, 11) is -1.74. The Kier molecular flexibility index (Phi) is 3.74. The zero-order chi connectivity index (χ0) is 13.4. The third kappa shape index (κ3) is 2.40. The Balaban J connectivity index is 3.38. The van der Waals surface area contributed by atoms with Crippen molar-refractivity contribution in [2.75, 3.05) is 0 Å². The molecule has 1 N–H and O–H groups in total. The molecule has 0 aliphatic heterocycles. The van der Waals surface area contributed by atoms with Crippen LogP contribution in [0, 0.1) is 0 Å². The maximum atomic E-state index is 9.59. The van der Waals surface area contributed by atoms with E-state index >= 15 is 0 Å². The van der Waals surface area contributed by atoms with Crippen LogP contribution in [0.3, 0.4) is 0 Å². The number of hydrogen-bond acceptors (Lipinski definition) is 2. The number of hydrogen-bond donors (Lipinski definition) is 1. The molecule has 0 bridgehead atoms. The second-order valence-corrected chi connectivity index (χ2v) is 11.5. The summed E-state index contributed by atoms with van der Waals surface area (Å²) in [5.41, 5.74) is 2.85. The Morgan fingerprint density at radius 2 is 1.94 bits per heavy atom. The van der Waals surface area contributed by atoms with Crippen molar-refractivity contribution in [1.29, 1.82) is 0 Å². The molecule has 3 heteroatoms. The standard InChI is InChI=1S/C14H24O2Si/c1-10(2)12-9-16-13(11(12)8-15)17(6,7)14(3,4)5/h9,15H,1,8H2,2-7H3. The smallest absolute Gasteiger partial charge is 0.132 e. The van der Waals surface area contributed by atoms with Crippen molar-refractivity contribution in [2.45, 2.75) is 52.4 Å². The van der Waals surface area contributed by atoms with Gasteiger partial charge >= 0.3 is 0 Å². The van der Waals surface area contributed by atoms with Crippen LogP contribution in [0.1, 0.15) is 38.8 Å². The Morgan fingerprint density at radius 1 is 1.41 bits per heavy atom. The van der Waals surface area contributed by atoms with Crippen molar-refractivity contribution in [2.24, 2.45) is 0 Å². The minimum atomic E-state index is -1.74. The van der Waals surface area contributed by atoms with Gasteiger partial charge in [-0.15, -0.1) is 0 Å². The van der Waals surface area contributed by atoms with Gasteiger partial charge in [-0.05, 0) is 17.5 Å². The lowest BCUT2D eigenvalue weighted by Gasteiger charge is -2.35. The third-order valence-corrected chi connectivity index (χ3v) is 9.26. The summed E-state index contributed by atoms with van der Waals surface area (Å²) >= 11 is 0. The number of furan rings is 1. The summed E-state index contributed by atoms with van der Waals surface area (Å²) in [4.78, 5) is 0. The van der Waals surface area contributed by atoms with Gasteiger partial charge in [-0.3, -0.25) is 0 Å². The highest BCUT2D eigenvalue weighted by atomic mass is 28.3. The first-order valence-corrected chi connectivity index (χ1v) is 9.00. The summed E-state index contributed by atoms with van der Waals surface area (Å²) in [5, 5.41) is 10.8. The molecular weight excluding hydrogens is 228 g/mol. The first kappa shape index (κ1) is 14.3. The summed E-state index contributed by atoms with van der Waals surface area (Å²) in [6.45, 7) is 17.2. The molecular formula is C14H24O2Si. The van der Waals surface area contributed by atoms with Crippen LogP contribution < -0.4 is 5.38 Å². The van der Waals surface area contributed by atoms with Crippen LogP contribution in [0.2, 0.25) is 18.1 Å². The van der Waals surface area contributed by atoms with Gasteiger partial charge in [0, 0.05) is 11.1 Å². The van der Waals surface area contributed by atoms with E-state index in [2.05, 4.69) is 40.4 Å². The molecule has 0 aromatic carbocycles. The minimum Gasteiger partial charge on any atom is -0.473 e. The first-order chi connectivity index (χ1) is 7.63. The van der Waals surface area contributed by atoms with Crippen LogP contribution >= 0.6 is 0 Å². The molecule has 1 rings (SSSR count). The predicted molar refractivity (Wildman–Crippen MR) is 76.2 cm³/mol. The molecule has 0 saturated heterocycles. The van der Waals surface area contributed by atoms with Crippen LogP contribution in [0.15, 0.2) is 17.3 Å². The Morgan fingerprint density at radius 3 is 2.29 bits per heavy atom. The van der Waals surface area contributed by atoms with E-state index in [9.17, 15) is 5.11 Å². The highest BCUT2D eigenvalue weighted by Crippen LogP contribution is 2.37. The van der Waals surface area contributed by atoms with Gasteiger partial charge in [0.2, 0.25) is 0 Å². The lowest BCUT2D eigenvalue weighted by molar-refractivity contribution is 0.282. The molecule has 0 amide bonds. The molecule has 0 aliphatic rings. The van der Waals surface area contributed by atoms with E-state index in [0.29, 0.717) is 0 Å². The second kappa shape index (κ2) is 4.46. The lowest BCUT2D eigenvalue weighted by atomic mass is 10.1. The van der Waals surface area contributed by atoms with Crippen molar-refractivity contribution in [3.8, 4) is 0 Å². The van der Waals surface area contributed by atoms with Crippen LogP contribution in [-0.4, -0.2) is 13.2 Å². The van der Waals surface area contributed by atoms with Gasteiger partial charge in [-0.25, -0.2) is 0 Å². The zero-order valence-corrected chi connectivity index (χ0v) is 12.8. The lowest BCUT2D eigenvalue weighted by Crippen LogP contribution is -2.50. The minimum absolute atomic E-state index is 0.0283. The Bertz CT molecular complexity index is 422. The van der Waals surface area contributed by atoms with Crippen LogP contribution in [-0.2, 0) is 6.61 Å². The Hall–Kier alpha value is -0.803. The van der Waals surface area contributed by atoms with E-state index < -0.39 is 8.07 Å². The highest BCUT2D eigenvalue weighted by Gasteiger charge is 2.41. The fourth-order valence-corrected chi connectivity index (χ4v) is 3.77. The van der Waals surface area contributed by atoms with Crippen LogP contribution in [0.4, 0.5) is 0 Å². The zero-order valence-electron chi connectivity index (χ0n) is 11.8. The van der Waals surface area contributed by atoms with E-state index in [0.717, 1.165) is 22.1 Å². The number of rotatable bonds is 3. The fraction of sp³-hybridized carbons (Fsp3) is 0.571. The van der Waals surface area contributed by atoms with Crippen molar-refractivity contribution < 1.29 is 9.52 Å². The van der Waals surface area contributed by atoms with Crippen LogP contribution in [0.25, 0.3) is 5.57 Å². The fourth-order valence-electron chi connectivity index (χ4n) is 1.76. The van der Waals surface area contributed by atoms with E-state index in [1.165, 1.54) is 0 Å². The van der Waals surface area contributed by atoms with Crippen LogP contribution in [0.5, 0.6) is 0 Å². The monoisotopic (exact) mass is 252 g/mol. The molecule has 1 aromatic heterocycles. The second-order valence-electron chi connectivity index (χ2n) is 6.27. The molecule has 96 valence electrons. The maximum Gasteiger partial charge on any atom is 0.132 e. The number of aliphatic hydroxyl groups excluding tert-OH is 1.